The van der Waals surface area contributed by atoms with E-state index in [0.717, 1.165) is 45.1 Å². The van der Waals surface area contributed by atoms with Gasteiger partial charge in [0.25, 0.3) is 0 Å². The van der Waals surface area contributed by atoms with Gasteiger partial charge in [-0.1, -0.05) is 12.5 Å². The maximum absolute atomic E-state index is 12.5. The largest absolute Gasteiger partial charge is 0.377 e. The molecule has 0 aromatic carbocycles. The molecule has 0 unspecified atom stereocenters. The minimum absolute atomic E-state index is 0.133. The molecule has 0 amide bonds. The zero-order chi connectivity index (χ0) is 15.1. The molecule has 118 valence electrons. The molecule has 1 saturated heterocycles. The fourth-order valence-electron chi connectivity index (χ4n) is 6.89. The normalized spacial score (nSPS) is 52.9. The molecule has 1 heterocycles. The highest BCUT2D eigenvalue weighted by molar-refractivity contribution is 5.92. The van der Waals surface area contributed by atoms with Crippen LogP contribution in [0.15, 0.2) is 11.6 Å². The molecule has 3 nitrogen and oxygen atoms in total. The number of fused-ring (bicyclic) bond motifs is 2. The van der Waals surface area contributed by atoms with Gasteiger partial charge in [0.1, 0.15) is 5.78 Å². The Morgan fingerprint density at radius 3 is 2.91 bits per heavy atom. The molecule has 0 radical (unpaired) electrons. The minimum Gasteiger partial charge on any atom is -0.377 e. The van der Waals surface area contributed by atoms with Gasteiger partial charge < -0.3 is 4.74 Å². The Hall–Kier alpha value is -0.960. The molecule has 0 N–H and O–H groups in total. The Labute approximate surface area is 131 Å². The van der Waals surface area contributed by atoms with Crippen LogP contribution in [0.4, 0.5) is 0 Å². The van der Waals surface area contributed by atoms with Gasteiger partial charge in [0, 0.05) is 23.7 Å². The van der Waals surface area contributed by atoms with E-state index in [0.29, 0.717) is 35.7 Å². The van der Waals surface area contributed by atoms with Gasteiger partial charge in [-0.2, -0.15) is 0 Å². The van der Waals surface area contributed by atoms with E-state index < -0.39 is 0 Å². The second-order valence-corrected chi connectivity index (χ2v) is 8.56. The minimum atomic E-state index is -0.136. The Morgan fingerprint density at radius 2 is 2.05 bits per heavy atom. The van der Waals surface area contributed by atoms with Crippen LogP contribution in [0.2, 0.25) is 0 Å². The Balaban J connectivity index is 1.60. The summed E-state index contributed by atoms with van der Waals surface area (Å²) in [5, 5.41) is 0. The molecule has 3 heteroatoms. The lowest BCUT2D eigenvalue weighted by atomic mass is 9.47. The maximum Gasteiger partial charge on any atom is 0.155 e. The van der Waals surface area contributed by atoms with Crippen molar-refractivity contribution < 1.29 is 14.3 Å². The van der Waals surface area contributed by atoms with E-state index in [2.05, 4.69) is 6.92 Å². The number of rotatable bonds is 0. The summed E-state index contributed by atoms with van der Waals surface area (Å²) in [6.07, 6.45) is 8.81. The summed E-state index contributed by atoms with van der Waals surface area (Å²) in [5.74, 6) is 2.52. The first-order valence-corrected chi connectivity index (χ1v) is 8.93. The van der Waals surface area contributed by atoms with Crippen LogP contribution < -0.4 is 0 Å². The van der Waals surface area contributed by atoms with E-state index in [4.69, 9.17) is 4.74 Å². The lowest BCUT2D eigenvalue weighted by Gasteiger charge is -2.55. The highest BCUT2D eigenvalue weighted by Crippen LogP contribution is 2.67. The quantitative estimate of drug-likeness (QED) is 0.690. The van der Waals surface area contributed by atoms with Crippen molar-refractivity contribution in [2.24, 2.45) is 28.6 Å². The zero-order valence-electron chi connectivity index (χ0n) is 13.3. The fourth-order valence-corrected chi connectivity index (χ4v) is 6.89. The summed E-state index contributed by atoms with van der Waals surface area (Å²) in [6, 6.07) is 0. The first kappa shape index (κ1) is 13.5. The van der Waals surface area contributed by atoms with Crippen LogP contribution in [0, 0.1) is 28.6 Å². The van der Waals surface area contributed by atoms with Crippen LogP contribution in [-0.2, 0) is 14.3 Å². The topological polar surface area (TPSA) is 43.4 Å². The number of hydrogen-bond acceptors (Lipinski definition) is 3. The highest BCUT2D eigenvalue weighted by atomic mass is 16.5. The maximum atomic E-state index is 12.5. The van der Waals surface area contributed by atoms with Crippen LogP contribution in [0.25, 0.3) is 0 Å². The van der Waals surface area contributed by atoms with Gasteiger partial charge >= 0.3 is 0 Å². The average molecular weight is 300 g/mol. The van der Waals surface area contributed by atoms with Crippen LogP contribution in [-0.4, -0.2) is 24.3 Å². The van der Waals surface area contributed by atoms with Crippen molar-refractivity contribution in [2.45, 2.75) is 58.0 Å². The van der Waals surface area contributed by atoms with Crippen molar-refractivity contribution in [1.82, 2.24) is 0 Å². The lowest BCUT2D eigenvalue weighted by molar-refractivity contribution is -0.136. The SMILES string of the molecule is C[C@]12C[C@@H]3OC[C@]45CCC(=O)C=C4CC[C@H]([C@H]35)[C@@H]1CCC2=O. The molecule has 5 aliphatic rings. The predicted molar refractivity (Wildman–Crippen MR) is 81.2 cm³/mol. The van der Waals surface area contributed by atoms with Gasteiger partial charge in [0.15, 0.2) is 5.78 Å². The summed E-state index contributed by atoms with van der Waals surface area (Å²) in [6.45, 7) is 2.99. The molecule has 1 spiro atoms. The number of carbonyl (C=O) groups is 2. The van der Waals surface area contributed by atoms with E-state index >= 15 is 0 Å². The summed E-state index contributed by atoms with van der Waals surface area (Å²) in [7, 11) is 0. The fraction of sp³-hybridized carbons (Fsp3) is 0.789. The summed E-state index contributed by atoms with van der Waals surface area (Å²) in [5.41, 5.74) is 1.37. The standard InChI is InChI=1S/C19H24O3/c1-18-9-15-17-13(14(18)4-5-16(18)21)3-2-11-8-12(20)6-7-19(11,17)10-22-15/h8,13-15,17H,2-7,9-10H2,1H3/t13-,14-,15-,17+,18-,19+/m0/s1. The predicted octanol–water partition coefficient (Wildman–Crippen LogP) is 3.08. The second-order valence-electron chi connectivity index (χ2n) is 8.56. The first-order valence-electron chi connectivity index (χ1n) is 8.93. The van der Waals surface area contributed by atoms with E-state index in [1.807, 2.05) is 6.08 Å². The Bertz CT molecular complexity index is 606. The van der Waals surface area contributed by atoms with Crippen molar-refractivity contribution in [1.29, 1.82) is 0 Å². The van der Waals surface area contributed by atoms with Gasteiger partial charge in [0.2, 0.25) is 0 Å². The summed E-state index contributed by atoms with van der Waals surface area (Å²) in [4.78, 5) is 24.4. The van der Waals surface area contributed by atoms with Crippen LogP contribution >= 0.6 is 0 Å². The molecule has 6 atom stereocenters. The molecular weight excluding hydrogens is 276 g/mol. The number of Topliss-reactive ketones (excluding diaryl/α,β-unsaturated/α-hetero) is 1. The van der Waals surface area contributed by atoms with Gasteiger partial charge in [-0.25, -0.2) is 0 Å². The third-order valence-electron chi connectivity index (χ3n) is 7.87. The van der Waals surface area contributed by atoms with Crippen LogP contribution in [0.1, 0.15) is 51.9 Å². The summed E-state index contributed by atoms with van der Waals surface area (Å²) >= 11 is 0. The molecule has 4 fully saturated rings. The molecule has 0 bridgehead atoms. The zero-order valence-corrected chi connectivity index (χ0v) is 13.3. The number of carbonyl (C=O) groups excluding carboxylic acids is 2. The van der Waals surface area contributed by atoms with Crippen molar-refractivity contribution in [3.63, 3.8) is 0 Å². The second kappa shape index (κ2) is 4.11. The van der Waals surface area contributed by atoms with Crippen molar-refractivity contribution in [3.8, 4) is 0 Å². The third kappa shape index (κ3) is 1.42. The molecule has 0 aromatic heterocycles. The number of ether oxygens (including phenoxy) is 1. The molecular formula is C19H24O3. The Kier molecular flexibility index (Phi) is 2.52. The third-order valence-corrected chi connectivity index (χ3v) is 7.87. The monoisotopic (exact) mass is 300 g/mol. The molecule has 3 saturated carbocycles. The van der Waals surface area contributed by atoms with Gasteiger partial charge in [-0.15, -0.1) is 0 Å². The number of hydrogen-bond donors (Lipinski definition) is 0. The van der Waals surface area contributed by atoms with E-state index in [9.17, 15) is 9.59 Å². The molecule has 1 aliphatic heterocycles. The molecule has 0 aromatic rings. The van der Waals surface area contributed by atoms with Crippen molar-refractivity contribution in [2.75, 3.05) is 6.61 Å². The van der Waals surface area contributed by atoms with E-state index in [1.54, 1.807) is 0 Å². The lowest BCUT2D eigenvalue weighted by Crippen LogP contribution is -2.54. The highest BCUT2D eigenvalue weighted by Gasteiger charge is 2.66. The van der Waals surface area contributed by atoms with Gasteiger partial charge in [-0.05, 0) is 55.9 Å². The average Bonchev–Trinajstić information content (AvgIpc) is 3.00. The number of ketones is 2. The van der Waals surface area contributed by atoms with Crippen molar-refractivity contribution in [3.05, 3.63) is 11.6 Å². The van der Waals surface area contributed by atoms with E-state index in [-0.39, 0.29) is 16.9 Å². The van der Waals surface area contributed by atoms with E-state index in [1.165, 1.54) is 5.57 Å². The van der Waals surface area contributed by atoms with Crippen LogP contribution in [0.3, 0.4) is 0 Å². The van der Waals surface area contributed by atoms with Crippen molar-refractivity contribution >= 4 is 11.6 Å². The van der Waals surface area contributed by atoms with Gasteiger partial charge in [0.05, 0.1) is 12.7 Å². The summed E-state index contributed by atoms with van der Waals surface area (Å²) < 4.78 is 6.28. The molecule has 4 aliphatic carbocycles. The molecule has 22 heavy (non-hydrogen) atoms. The van der Waals surface area contributed by atoms with Gasteiger partial charge in [-0.3, -0.25) is 9.59 Å². The Morgan fingerprint density at radius 1 is 1.18 bits per heavy atom. The van der Waals surface area contributed by atoms with Crippen LogP contribution in [0.5, 0.6) is 0 Å². The molecule has 5 rings (SSSR count). The smallest absolute Gasteiger partial charge is 0.155 e. The first-order chi connectivity index (χ1) is 10.5.